The summed E-state index contributed by atoms with van der Waals surface area (Å²) in [5, 5.41) is 2.35. The van der Waals surface area contributed by atoms with Crippen molar-refractivity contribution >= 4 is 28.6 Å². The number of anilines is 1. The highest BCUT2D eigenvalue weighted by molar-refractivity contribution is 5.92. The Kier molecular flexibility index (Phi) is 9.69. The lowest BCUT2D eigenvalue weighted by atomic mass is 10.1. The Morgan fingerprint density at radius 2 is 1.53 bits per heavy atom. The van der Waals surface area contributed by atoms with Crippen molar-refractivity contribution in [1.29, 1.82) is 0 Å². The molecule has 1 aromatic heterocycles. The molecule has 3 aromatic carbocycles. The van der Waals surface area contributed by atoms with E-state index in [0.717, 1.165) is 10.5 Å². The third-order valence-electron chi connectivity index (χ3n) is 6.73. The van der Waals surface area contributed by atoms with Crippen LogP contribution in [0, 0.1) is 6.92 Å². The van der Waals surface area contributed by atoms with Gasteiger partial charge in [-0.3, -0.25) is 9.59 Å². The van der Waals surface area contributed by atoms with Crippen LogP contribution in [-0.4, -0.2) is 34.8 Å². The quantitative estimate of drug-likeness (QED) is 0.154. The van der Waals surface area contributed by atoms with Gasteiger partial charge in [-0.1, -0.05) is 48.0 Å². The summed E-state index contributed by atoms with van der Waals surface area (Å²) in [5.74, 6) is -0.667. The Bertz CT molecular complexity index is 1740. The second-order valence-electron chi connectivity index (χ2n) is 10.2. The molecule has 0 aliphatic heterocycles. The van der Waals surface area contributed by atoms with Gasteiger partial charge in [0.05, 0.1) is 34.9 Å². The van der Waals surface area contributed by atoms with Crippen molar-refractivity contribution in [3.05, 3.63) is 124 Å². The van der Waals surface area contributed by atoms with E-state index in [-0.39, 0.29) is 36.7 Å². The second kappa shape index (κ2) is 13.3. The molecule has 1 N–H and O–H groups in total. The van der Waals surface area contributed by atoms with Gasteiger partial charge < -0.3 is 19.5 Å². The summed E-state index contributed by atoms with van der Waals surface area (Å²) in [6.45, 7) is 4.20. The second-order valence-corrected chi connectivity index (χ2v) is 10.2. The number of carbonyl (C=O) groups excluding carboxylic acids is 2. The first-order chi connectivity index (χ1) is 21.2. The maximum Gasteiger partial charge on any atom is 0.416 e. The number of benzene rings is 3. The molecule has 0 aliphatic carbocycles. The molecule has 0 bridgehead atoms. The molecule has 45 heavy (non-hydrogen) atoms. The number of rotatable bonds is 9. The average molecular weight is 632 g/mol. The zero-order valence-corrected chi connectivity index (χ0v) is 23.8. The SMILES string of the molecule is C=CCN(CC(=O)N(Cc1ccccc1)Cc1coc2ccc(C)cc2c1=O)C(=O)Nc1cc(C(F)(F)F)cc(C(F)(F)F)c1. The molecule has 3 amide bonds. The van der Waals surface area contributed by atoms with Crippen molar-refractivity contribution in [2.45, 2.75) is 32.4 Å². The van der Waals surface area contributed by atoms with Crippen LogP contribution in [0.3, 0.4) is 0 Å². The highest BCUT2D eigenvalue weighted by atomic mass is 19.4. The molecule has 236 valence electrons. The van der Waals surface area contributed by atoms with E-state index in [2.05, 4.69) is 6.58 Å². The van der Waals surface area contributed by atoms with Crippen molar-refractivity contribution < 1.29 is 40.3 Å². The molecule has 0 saturated carbocycles. The summed E-state index contributed by atoms with van der Waals surface area (Å²) in [4.78, 5) is 42.2. The molecule has 4 aromatic rings. The van der Waals surface area contributed by atoms with Crippen LogP contribution in [0.25, 0.3) is 11.0 Å². The molecule has 0 aliphatic rings. The Morgan fingerprint density at radius 3 is 2.13 bits per heavy atom. The van der Waals surface area contributed by atoms with Crippen LogP contribution in [-0.2, 0) is 30.2 Å². The van der Waals surface area contributed by atoms with E-state index in [1.54, 1.807) is 55.5 Å². The van der Waals surface area contributed by atoms with E-state index in [4.69, 9.17) is 4.42 Å². The standard InChI is InChI=1S/C32H27F6N3O4/c1-3-11-40(30(44)39-25-14-23(31(33,34)35)13-24(15-25)32(36,37)38)18-28(42)41(16-21-7-5-4-6-8-21)17-22-19-45-27-10-9-20(2)12-26(27)29(22)43/h3-10,12-15,19H,1,11,16-18H2,2H3,(H,39,44). The number of carbonyl (C=O) groups is 2. The number of amides is 3. The number of nitrogens with zero attached hydrogens (tertiary/aromatic N) is 2. The number of aryl methyl sites for hydroxylation is 1. The zero-order valence-electron chi connectivity index (χ0n) is 23.8. The Morgan fingerprint density at radius 1 is 0.889 bits per heavy atom. The Labute approximate surface area is 253 Å². The van der Waals surface area contributed by atoms with Crippen molar-refractivity contribution in [3.8, 4) is 0 Å². The Balaban J connectivity index is 1.62. The minimum Gasteiger partial charge on any atom is -0.464 e. The fraction of sp³-hybridized carbons (Fsp3) is 0.219. The molecule has 13 heteroatoms. The summed E-state index contributed by atoms with van der Waals surface area (Å²) in [5.41, 5.74) is -2.35. The number of alkyl halides is 6. The van der Waals surface area contributed by atoms with Crippen molar-refractivity contribution in [3.63, 3.8) is 0 Å². The molecular formula is C32H27F6N3O4. The summed E-state index contributed by atoms with van der Waals surface area (Å²) in [6.07, 6.45) is -7.76. The molecule has 0 radical (unpaired) electrons. The summed E-state index contributed by atoms with van der Waals surface area (Å²) in [6, 6.07) is 13.3. The predicted octanol–water partition coefficient (Wildman–Crippen LogP) is 7.39. The smallest absolute Gasteiger partial charge is 0.416 e. The number of hydrogen-bond acceptors (Lipinski definition) is 4. The van der Waals surface area contributed by atoms with Gasteiger partial charge in [-0.2, -0.15) is 26.3 Å². The molecule has 0 saturated heterocycles. The lowest BCUT2D eigenvalue weighted by Crippen LogP contribution is -2.44. The van der Waals surface area contributed by atoms with Gasteiger partial charge in [0, 0.05) is 18.8 Å². The monoisotopic (exact) mass is 631 g/mol. The maximum absolute atomic E-state index is 13.6. The van der Waals surface area contributed by atoms with Crippen molar-refractivity contribution in [2.24, 2.45) is 0 Å². The summed E-state index contributed by atoms with van der Waals surface area (Å²) in [7, 11) is 0. The van der Waals surface area contributed by atoms with Crippen LogP contribution in [0.5, 0.6) is 0 Å². The number of urea groups is 1. The lowest BCUT2D eigenvalue weighted by molar-refractivity contribution is -0.143. The van der Waals surface area contributed by atoms with Crippen LogP contribution in [0.1, 0.15) is 27.8 Å². The molecule has 0 fully saturated rings. The highest BCUT2D eigenvalue weighted by Crippen LogP contribution is 2.37. The number of halogens is 6. The molecule has 1 heterocycles. The van der Waals surface area contributed by atoms with E-state index >= 15 is 0 Å². The van der Waals surface area contributed by atoms with E-state index in [1.165, 1.54) is 17.2 Å². The average Bonchev–Trinajstić information content (AvgIpc) is 2.97. The summed E-state index contributed by atoms with van der Waals surface area (Å²) >= 11 is 0. The highest BCUT2D eigenvalue weighted by Gasteiger charge is 2.37. The fourth-order valence-corrected chi connectivity index (χ4v) is 4.50. The van der Waals surface area contributed by atoms with Gasteiger partial charge in [0.2, 0.25) is 5.91 Å². The van der Waals surface area contributed by atoms with Crippen LogP contribution < -0.4 is 10.7 Å². The topological polar surface area (TPSA) is 82.9 Å². The number of fused-ring (bicyclic) bond motifs is 1. The molecule has 7 nitrogen and oxygen atoms in total. The normalized spacial score (nSPS) is 11.7. The van der Waals surface area contributed by atoms with Crippen LogP contribution in [0.15, 0.2) is 94.9 Å². The van der Waals surface area contributed by atoms with Gasteiger partial charge in [0.15, 0.2) is 5.43 Å². The van der Waals surface area contributed by atoms with Gasteiger partial charge >= 0.3 is 18.4 Å². The first kappa shape index (κ1) is 32.8. The molecule has 0 atom stereocenters. The number of nitrogens with one attached hydrogen (secondary N) is 1. The van der Waals surface area contributed by atoms with Gasteiger partial charge in [0.25, 0.3) is 0 Å². The minimum atomic E-state index is -5.12. The number of hydrogen-bond donors (Lipinski definition) is 1. The molecule has 0 spiro atoms. The molecule has 4 rings (SSSR count). The first-order valence-corrected chi connectivity index (χ1v) is 13.4. The van der Waals surface area contributed by atoms with Crippen LogP contribution >= 0.6 is 0 Å². The fourth-order valence-electron chi connectivity index (χ4n) is 4.50. The lowest BCUT2D eigenvalue weighted by Gasteiger charge is -2.27. The van der Waals surface area contributed by atoms with Crippen LogP contribution in [0.2, 0.25) is 0 Å². The first-order valence-electron chi connectivity index (χ1n) is 13.4. The van der Waals surface area contributed by atoms with Gasteiger partial charge in [-0.25, -0.2) is 4.79 Å². The van der Waals surface area contributed by atoms with Crippen LogP contribution in [0.4, 0.5) is 36.8 Å². The van der Waals surface area contributed by atoms with Crippen molar-refractivity contribution in [2.75, 3.05) is 18.4 Å². The maximum atomic E-state index is 13.6. The molecule has 0 unspecified atom stereocenters. The largest absolute Gasteiger partial charge is 0.464 e. The zero-order chi connectivity index (χ0) is 32.9. The third kappa shape index (κ3) is 8.31. The third-order valence-corrected chi connectivity index (χ3v) is 6.73. The predicted molar refractivity (Wildman–Crippen MR) is 155 cm³/mol. The van der Waals surface area contributed by atoms with Gasteiger partial charge in [-0.05, 0) is 42.8 Å². The van der Waals surface area contributed by atoms with Crippen molar-refractivity contribution in [1.82, 2.24) is 9.80 Å². The van der Waals surface area contributed by atoms with Gasteiger partial charge in [0.1, 0.15) is 12.1 Å². The minimum absolute atomic E-state index is 0.0110. The van der Waals surface area contributed by atoms with E-state index < -0.39 is 47.6 Å². The molecular weight excluding hydrogens is 604 g/mol. The Hall–Kier alpha value is -5.07. The summed E-state index contributed by atoms with van der Waals surface area (Å²) < 4.78 is 85.6. The van der Waals surface area contributed by atoms with E-state index in [0.29, 0.717) is 28.7 Å². The van der Waals surface area contributed by atoms with Gasteiger partial charge in [-0.15, -0.1) is 6.58 Å². The van der Waals surface area contributed by atoms with E-state index in [9.17, 15) is 40.7 Å². The van der Waals surface area contributed by atoms with E-state index in [1.807, 2.05) is 5.32 Å².